The van der Waals surface area contributed by atoms with Crippen LogP contribution in [0.2, 0.25) is 0 Å². The molecule has 1 fully saturated rings. The second-order valence-corrected chi connectivity index (χ2v) is 6.95. The second-order valence-electron chi connectivity index (χ2n) is 6.95. The van der Waals surface area contributed by atoms with Crippen molar-refractivity contribution in [2.24, 2.45) is 0 Å². The highest BCUT2D eigenvalue weighted by Crippen LogP contribution is 2.14. The summed E-state index contributed by atoms with van der Waals surface area (Å²) in [5.74, 6) is 0.617. The van der Waals surface area contributed by atoms with Crippen LogP contribution in [0.15, 0.2) is 48.7 Å². The number of carbonyl (C=O) groups excluding carboxylic acids is 1. The van der Waals surface area contributed by atoms with E-state index in [4.69, 9.17) is 4.74 Å². The number of ether oxygens (including phenoxy) is 1. The minimum Gasteiger partial charge on any atom is -0.491 e. The molecule has 1 aliphatic heterocycles. The molecule has 2 aromatic rings. The average Bonchev–Trinajstić information content (AvgIpc) is 2.69. The third kappa shape index (κ3) is 6.13. The van der Waals surface area contributed by atoms with Crippen LogP contribution in [-0.4, -0.2) is 71.1 Å². The van der Waals surface area contributed by atoms with Crippen LogP contribution < -0.4 is 4.74 Å². The molecule has 3 rings (SSSR count). The molecule has 1 unspecified atom stereocenters. The fourth-order valence-electron chi connectivity index (χ4n) is 3.20. The number of hydrogen-bond donors (Lipinski definition) is 1. The van der Waals surface area contributed by atoms with E-state index in [-0.39, 0.29) is 12.4 Å². The van der Waals surface area contributed by atoms with Crippen LogP contribution in [0, 0.1) is 0 Å². The van der Waals surface area contributed by atoms with E-state index in [1.54, 1.807) is 24.3 Å². The van der Waals surface area contributed by atoms with E-state index >= 15 is 0 Å². The van der Waals surface area contributed by atoms with Crippen molar-refractivity contribution in [3.05, 3.63) is 59.9 Å². The zero-order valence-corrected chi connectivity index (χ0v) is 15.8. The summed E-state index contributed by atoms with van der Waals surface area (Å²) in [5.41, 5.74) is 1.71. The first-order valence-electron chi connectivity index (χ1n) is 9.36. The SMILES string of the molecule is CC(=O)c1cccc(OCC(O)CN2CCN(Cc3ccccn3)CC2)c1. The summed E-state index contributed by atoms with van der Waals surface area (Å²) in [4.78, 5) is 20.4. The van der Waals surface area contributed by atoms with Crippen molar-refractivity contribution in [3.8, 4) is 5.75 Å². The molecule has 0 spiro atoms. The zero-order chi connectivity index (χ0) is 19.1. The van der Waals surface area contributed by atoms with Crippen LogP contribution in [-0.2, 0) is 6.54 Å². The molecule has 27 heavy (non-hydrogen) atoms. The molecule has 0 aliphatic carbocycles. The van der Waals surface area contributed by atoms with E-state index in [1.807, 2.05) is 18.3 Å². The Morgan fingerprint density at radius 3 is 2.63 bits per heavy atom. The molecule has 1 saturated heterocycles. The minimum absolute atomic E-state index is 0.00423. The first-order valence-corrected chi connectivity index (χ1v) is 9.36. The van der Waals surface area contributed by atoms with Crippen LogP contribution in [0.1, 0.15) is 23.0 Å². The summed E-state index contributed by atoms with van der Waals surface area (Å²) in [5, 5.41) is 10.3. The first kappa shape index (κ1) is 19.5. The lowest BCUT2D eigenvalue weighted by Gasteiger charge is -2.35. The number of piperazine rings is 1. The molecule has 6 nitrogen and oxygen atoms in total. The minimum atomic E-state index is -0.562. The van der Waals surface area contributed by atoms with Crippen LogP contribution in [0.5, 0.6) is 5.75 Å². The van der Waals surface area contributed by atoms with E-state index in [0.717, 1.165) is 38.4 Å². The molecule has 0 amide bonds. The van der Waals surface area contributed by atoms with Gasteiger partial charge in [-0.2, -0.15) is 0 Å². The standard InChI is InChI=1S/C21H27N3O3/c1-17(25)18-5-4-7-21(13-18)27-16-20(26)15-24-11-9-23(10-12-24)14-19-6-2-3-8-22-19/h2-8,13,20,26H,9-12,14-16H2,1H3. The fourth-order valence-corrected chi connectivity index (χ4v) is 3.20. The first-order chi connectivity index (χ1) is 13.1. The maximum atomic E-state index is 11.4. The number of rotatable bonds is 8. The summed E-state index contributed by atoms with van der Waals surface area (Å²) in [6, 6.07) is 13.1. The lowest BCUT2D eigenvalue weighted by atomic mass is 10.1. The molecule has 1 atom stereocenters. The van der Waals surface area contributed by atoms with Gasteiger partial charge in [0.25, 0.3) is 0 Å². The molecular formula is C21H27N3O3. The third-order valence-electron chi connectivity index (χ3n) is 4.73. The molecule has 1 aliphatic rings. The maximum absolute atomic E-state index is 11.4. The number of aliphatic hydroxyl groups is 1. The van der Waals surface area contributed by atoms with Crippen LogP contribution in [0.3, 0.4) is 0 Å². The number of hydrogen-bond acceptors (Lipinski definition) is 6. The summed E-state index contributed by atoms with van der Waals surface area (Å²) < 4.78 is 5.65. The van der Waals surface area contributed by atoms with Gasteiger partial charge in [-0.3, -0.25) is 19.6 Å². The molecule has 0 radical (unpaired) electrons. The lowest BCUT2D eigenvalue weighted by molar-refractivity contribution is 0.0444. The van der Waals surface area contributed by atoms with E-state index < -0.39 is 6.10 Å². The molecule has 2 heterocycles. The number of nitrogens with zero attached hydrogens (tertiary/aromatic N) is 3. The van der Waals surface area contributed by atoms with Crippen molar-refractivity contribution in [1.29, 1.82) is 0 Å². The zero-order valence-electron chi connectivity index (χ0n) is 15.8. The van der Waals surface area contributed by atoms with Gasteiger partial charge in [0.05, 0.1) is 5.69 Å². The largest absolute Gasteiger partial charge is 0.491 e. The topological polar surface area (TPSA) is 65.9 Å². The highest BCUT2D eigenvalue weighted by molar-refractivity contribution is 5.94. The number of aromatic nitrogens is 1. The Morgan fingerprint density at radius 2 is 1.93 bits per heavy atom. The quantitative estimate of drug-likeness (QED) is 0.717. The van der Waals surface area contributed by atoms with Gasteiger partial charge in [0.15, 0.2) is 5.78 Å². The van der Waals surface area contributed by atoms with Gasteiger partial charge < -0.3 is 9.84 Å². The molecule has 1 aromatic carbocycles. The number of pyridine rings is 1. The van der Waals surface area contributed by atoms with E-state index in [0.29, 0.717) is 17.9 Å². The molecule has 1 aromatic heterocycles. The predicted molar refractivity (Wildman–Crippen MR) is 104 cm³/mol. The Hall–Kier alpha value is -2.28. The smallest absolute Gasteiger partial charge is 0.159 e. The molecule has 1 N–H and O–H groups in total. The van der Waals surface area contributed by atoms with Crippen molar-refractivity contribution >= 4 is 5.78 Å². The Balaban J connectivity index is 1.38. The van der Waals surface area contributed by atoms with Crippen molar-refractivity contribution in [2.75, 3.05) is 39.3 Å². The van der Waals surface area contributed by atoms with Crippen LogP contribution >= 0.6 is 0 Å². The fraction of sp³-hybridized carbons (Fsp3) is 0.429. The van der Waals surface area contributed by atoms with Crippen LogP contribution in [0.4, 0.5) is 0 Å². The highest BCUT2D eigenvalue weighted by atomic mass is 16.5. The van der Waals surface area contributed by atoms with Gasteiger partial charge in [0.1, 0.15) is 18.5 Å². The van der Waals surface area contributed by atoms with Crippen molar-refractivity contribution in [3.63, 3.8) is 0 Å². The molecular weight excluding hydrogens is 342 g/mol. The summed E-state index contributed by atoms with van der Waals surface area (Å²) in [6.45, 7) is 6.97. The molecule has 144 valence electrons. The third-order valence-corrected chi connectivity index (χ3v) is 4.73. The van der Waals surface area contributed by atoms with Crippen molar-refractivity contribution in [2.45, 2.75) is 19.6 Å². The lowest BCUT2D eigenvalue weighted by Crippen LogP contribution is -2.48. The number of benzene rings is 1. The summed E-state index contributed by atoms with van der Waals surface area (Å²) >= 11 is 0. The number of Topliss-reactive ketones (excluding diaryl/α,β-unsaturated/α-hetero) is 1. The van der Waals surface area contributed by atoms with Gasteiger partial charge in [-0.15, -0.1) is 0 Å². The predicted octanol–water partition coefficient (Wildman–Crippen LogP) is 1.84. The van der Waals surface area contributed by atoms with E-state index in [2.05, 4.69) is 20.9 Å². The number of ketones is 1. The van der Waals surface area contributed by atoms with Gasteiger partial charge in [0.2, 0.25) is 0 Å². The Bertz CT molecular complexity index is 730. The Kier molecular flexibility index (Phi) is 6.92. The molecule has 0 bridgehead atoms. The Labute approximate surface area is 160 Å². The summed E-state index contributed by atoms with van der Waals surface area (Å²) in [7, 11) is 0. The number of carbonyl (C=O) groups is 1. The van der Waals surface area contributed by atoms with Crippen molar-refractivity contribution < 1.29 is 14.6 Å². The summed E-state index contributed by atoms with van der Waals surface area (Å²) in [6.07, 6.45) is 1.27. The number of β-amino-alcohol motifs (C(OH)–C–C–N with tert-alkyl or cyclic N) is 1. The maximum Gasteiger partial charge on any atom is 0.159 e. The van der Waals surface area contributed by atoms with Gasteiger partial charge in [-0.1, -0.05) is 18.2 Å². The van der Waals surface area contributed by atoms with Crippen molar-refractivity contribution in [1.82, 2.24) is 14.8 Å². The van der Waals surface area contributed by atoms with Crippen LogP contribution in [0.25, 0.3) is 0 Å². The normalized spacial score (nSPS) is 16.8. The van der Waals surface area contributed by atoms with Gasteiger partial charge in [-0.05, 0) is 31.2 Å². The Morgan fingerprint density at radius 1 is 1.15 bits per heavy atom. The van der Waals surface area contributed by atoms with E-state index in [9.17, 15) is 9.90 Å². The monoisotopic (exact) mass is 369 g/mol. The second kappa shape index (κ2) is 9.60. The van der Waals surface area contributed by atoms with Gasteiger partial charge in [0, 0.05) is 51.0 Å². The molecule has 0 saturated carbocycles. The molecule has 6 heteroatoms. The number of aliphatic hydroxyl groups excluding tert-OH is 1. The van der Waals surface area contributed by atoms with E-state index in [1.165, 1.54) is 6.92 Å². The van der Waals surface area contributed by atoms with Gasteiger partial charge >= 0.3 is 0 Å². The average molecular weight is 369 g/mol. The highest BCUT2D eigenvalue weighted by Gasteiger charge is 2.20. The van der Waals surface area contributed by atoms with Gasteiger partial charge in [-0.25, -0.2) is 0 Å².